The fourth-order valence-electron chi connectivity index (χ4n) is 2.34. The molecule has 0 radical (unpaired) electrons. The average molecular weight is 417 g/mol. The highest BCUT2D eigenvalue weighted by atomic mass is 35.5. The first-order chi connectivity index (χ1) is 12.4. The number of methoxy groups -OCH3 is 1. The van der Waals surface area contributed by atoms with Crippen molar-refractivity contribution in [3.05, 3.63) is 40.1 Å². The first kappa shape index (κ1) is 21.0. The summed E-state index contributed by atoms with van der Waals surface area (Å²) in [6.45, 7) is 5.13. The molecule has 0 bridgehead atoms. The monoisotopic (exact) mass is 416 g/mol. The predicted molar refractivity (Wildman–Crippen MR) is 105 cm³/mol. The van der Waals surface area contributed by atoms with Gasteiger partial charge >= 0.3 is 0 Å². The van der Waals surface area contributed by atoms with Gasteiger partial charge in [0.05, 0.1) is 11.3 Å². The number of ether oxygens (including phenoxy) is 1. The fourth-order valence-corrected chi connectivity index (χ4v) is 3.77. The lowest BCUT2D eigenvalue weighted by Crippen LogP contribution is -2.33. The zero-order valence-corrected chi connectivity index (χ0v) is 17.2. The van der Waals surface area contributed by atoms with Gasteiger partial charge in [0.1, 0.15) is 6.33 Å². The van der Waals surface area contributed by atoms with Crippen LogP contribution in [0.3, 0.4) is 0 Å². The van der Waals surface area contributed by atoms with Gasteiger partial charge in [-0.05, 0) is 38.0 Å². The summed E-state index contributed by atoms with van der Waals surface area (Å²) in [7, 11) is 1.67. The summed E-state index contributed by atoms with van der Waals surface area (Å²) in [6.07, 6.45) is 2.52. The Labute approximate surface area is 167 Å². The highest BCUT2D eigenvalue weighted by Crippen LogP contribution is 2.27. The van der Waals surface area contributed by atoms with Crippen LogP contribution in [-0.4, -0.2) is 39.6 Å². The SMILES string of the molecule is COCCCn1cnnc1SC(C)C(=O)NC(C)c1ccc(Cl)cc1Cl. The summed E-state index contributed by atoms with van der Waals surface area (Å²) in [6, 6.07) is 5.02. The summed E-state index contributed by atoms with van der Waals surface area (Å²) in [5, 5.41) is 12.5. The second-order valence-corrected chi connectivity index (χ2v) is 7.96. The number of carbonyl (C=O) groups is 1. The van der Waals surface area contributed by atoms with Crippen molar-refractivity contribution >= 4 is 40.9 Å². The molecular formula is C17H22Cl2N4O2S. The van der Waals surface area contributed by atoms with Crippen LogP contribution in [0.1, 0.15) is 31.9 Å². The molecule has 142 valence electrons. The lowest BCUT2D eigenvalue weighted by Gasteiger charge is -2.18. The summed E-state index contributed by atoms with van der Waals surface area (Å²) in [5.74, 6) is -0.0973. The number of rotatable bonds is 9. The number of thioether (sulfide) groups is 1. The van der Waals surface area contributed by atoms with E-state index in [1.54, 1.807) is 25.6 Å². The van der Waals surface area contributed by atoms with Crippen molar-refractivity contribution in [2.75, 3.05) is 13.7 Å². The van der Waals surface area contributed by atoms with Crippen molar-refractivity contribution in [1.82, 2.24) is 20.1 Å². The second kappa shape index (κ2) is 10.2. The number of hydrogen-bond donors (Lipinski definition) is 1. The minimum Gasteiger partial charge on any atom is -0.385 e. The molecule has 1 amide bonds. The van der Waals surface area contributed by atoms with E-state index >= 15 is 0 Å². The summed E-state index contributed by atoms with van der Waals surface area (Å²) < 4.78 is 6.98. The molecule has 1 heterocycles. The number of carbonyl (C=O) groups excluding carboxylic acids is 1. The normalized spacial score (nSPS) is 13.4. The van der Waals surface area contributed by atoms with Gasteiger partial charge in [-0.1, -0.05) is 41.0 Å². The van der Waals surface area contributed by atoms with Gasteiger partial charge in [0.25, 0.3) is 0 Å². The maximum Gasteiger partial charge on any atom is 0.233 e. The van der Waals surface area contributed by atoms with E-state index in [2.05, 4.69) is 15.5 Å². The molecular weight excluding hydrogens is 395 g/mol. The quantitative estimate of drug-likeness (QED) is 0.494. The smallest absolute Gasteiger partial charge is 0.233 e. The van der Waals surface area contributed by atoms with E-state index in [9.17, 15) is 4.79 Å². The van der Waals surface area contributed by atoms with Gasteiger partial charge in [0, 0.05) is 30.3 Å². The Morgan fingerprint density at radius 3 is 2.85 bits per heavy atom. The van der Waals surface area contributed by atoms with Gasteiger partial charge < -0.3 is 14.6 Å². The summed E-state index contributed by atoms with van der Waals surface area (Å²) in [5.41, 5.74) is 0.823. The zero-order chi connectivity index (χ0) is 19.1. The van der Waals surface area contributed by atoms with Crippen LogP contribution in [0.5, 0.6) is 0 Å². The topological polar surface area (TPSA) is 69.0 Å². The third-order valence-electron chi connectivity index (χ3n) is 3.77. The van der Waals surface area contributed by atoms with Crippen LogP contribution in [0.2, 0.25) is 10.0 Å². The lowest BCUT2D eigenvalue weighted by molar-refractivity contribution is -0.120. The Kier molecular flexibility index (Phi) is 8.21. The minimum absolute atomic E-state index is 0.0973. The second-order valence-electron chi connectivity index (χ2n) is 5.81. The first-order valence-electron chi connectivity index (χ1n) is 8.21. The van der Waals surface area contributed by atoms with Gasteiger partial charge in [-0.15, -0.1) is 10.2 Å². The van der Waals surface area contributed by atoms with E-state index in [1.807, 2.05) is 24.5 Å². The molecule has 2 unspecified atom stereocenters. The third-order valence-corrected chi connectivity index (χ3v) is 5.42. The number of halogens is 2. The third kappa shape index (κ3) is 5.87. The Hall–Kier alpha value is -1.28. The molecule has 1 aromatic heterocycles. The number of nitrogens with zero attached hydrogens (tertiary/aromatic N) is 3. The first-order valence-corrected chi connectivity index (χ1v) is 9.84. The van der Waals surface area contributed by atoms with Crippen molar-refractivity contribution in [2.24, 2.45) is 0 Å². The van der Waals surface area contributed by atoms with E-state index in [-0.39, 0.29) is 17.2 Å². The zero-order valence-electron chi connectivity index (χ0n) is 14.9. The van der Waals surface area contributed by atoms with Crippen LogP contribution in [0, 0.1) is 0 Å². The Morgan fingerprint density at radius 1 is 1.38 bits per heavy atom. The molecule has 0 aliphatic heterocycles. The van der Waals surface area contributed by atoms with Gasteiger partial charge in [-0.2, -0.15) is 0 Å². The maximum absolute atomic E-state index is 12.5. The molecule has 9 heteroatoms. The van der Waals surface area contributed by atoms with Crippen LogP contribution < -0.4 is 5.32 Å². The Morgan fingerprint density at radius 2 is 2.15 bits per heavy atom. The van der Waals surface area contributed by atoms with Gasteiger partial charge in [-0.25, -0.2) is 0 Å². The number of aromatic nitrogens is 3. The maximum atomic E-state index is 12.5. The van der Waals surface area contributed by atoms with Gasteiger partial charge in [0.2, 0.25) is 5.91 Å². The lowest BCUT2D eigenvalue weighted by atomic mass is 10.1. The van der Waals surface area contributed by atoms with Crippen molar-refractivity contribution in [3.8, 4) is 0 Å². The standard InChI is InChI=1S/C17H22Cl2N4O2S/c1-11(14-6-5-13(18)9-15(14)19)21-16(24)12(2)26-17-22-20-10-23(17)7-4-8-25-3/h5-6,9-12H,4,7-8H2,1-3H3,(H,21,24). The summed E-state index contributed by atoms with van der Waals surface area (Å²) >= 11 is 13.5. The van der Waals surface area contributed by atoms with Gasteiger partial charge in [0.15, 0.2) is 5.16 Å². The van der Waals surface area contributed by atoms with E-state index in [1.165, 1.54) is 11.8 Å². The molecule has 26 heavy (non-hydrogen) atoms. The van der Waals surface area contributed by atoms with Crippen molar-refractivity contribution in [1.29, 1.82) is 0 Å². The molecule has 0 saturated carbocycles. The van der Waals surface area contributed by atoms with Crippen LogP contribution in [-0.2, 0) is 16.1 Å². The number of nitrogens with one attached hydrogen (secondary N) is 1. The van der Waals surface area contributed by atoms with Crippen LogP contribution in [0.15, 0.2) is 29.7 Å². The summed E-state index contributed by atoms with van der Waals surface area (Å²) in [4.78, 5) is 12.5. The predicted octanol–water partition coefficient (Wildman–Crippen LogP) is 3.98. The molecule has 2 atom stereocenters. The molecule has 1 aromatic carbocycles. The molecule has 2 rings (SSSR count). The van der Waals surface area contributed by atoms with Crippen molar-refractivity contribution in [3.63, 3.8) is 0 Å². The highest BCUT2D eigenvalue weighted by molar-refractivity contribution is 8.00. The van der Waals surface area contributed by atoms with Crippen molar-refractivity contribution < 1.29 is 9.53 Å². The average Bonchev–Trinajstić information content (AvgIpc) is 3.02. The number of aryl methyl sites for hydroxylation is 1. The molecule has 1 N–H and O–H groups in total. The number of benzene rings is 1. The van der Waals surface area contributed by atoms with Crippen LogP contribution >= 0.6 is 35.0 Å². The molecule has 0 aliphatic carbocycles. The molecule has 0 aliphatic rings. The van der Waals surface area contributed by atoms with E-state index < -0.39 is 0 Å². The molecule has 0 saturated heterocycles. The Balaban J connectivity index is 1.94. The van der Waals surface area contributed by atoms with E-state index in [0.717, 1.165) is 18.5 Å². The number of hydrogen-bond acceptors (Lipinski definition) is 5. The van der Waals surface area contributed by atoms with E-state index in [0.29, 0.717) is 21.8 Å². The number of amides is 1. The molecule has 0 spiro atoms. The van der Waals surface area contributed by atoms with E-state index in [4.69, 9.17) is 27.9 Å². The minimum atomic E-state index is -0.325. The Bertz CT molecular complexity index is 741. The molecule has 0 fully saturated rings. The highest BCUT2D eigenvalue weighted by Gasteiger charge is 2.21. The van der Waals surface area contributed by atoms with Crippen LogP contribution in [0.25, 0.3) is 0 Å². The molecule has 6 nitrogen and oxygen atoms in total. The van der Waals surface area contributed by atoms with Crippen LogP contribution in [0.4, 0.5) is 0 Å². The fraction of sp³-hybridized carbons (Fsp3) is 0.471. The van der Waals surface area contributed by atoms with Crippen molar-refractivity contribution in [2.45, 2.75) is 43.3 Å². The van der Waals surface area contributed by atoms with Gasteiger partial charge in [-0.3, -0.25) is 4.79 Å². The molecule has 2 aromatic rings. The largest absolute Gasteiger partial charge is 0.385 e.